The molecule has 7 nitrogen and oxygen atoms in total. The summed E-state index contributed by atoms with van der Waals surface area (Å²) in [6, 6.07) is 7.22. The van der Waals surface area contributed by atoms with E-state index in [0.717, 1.165) is 12.1 Å². The van der Waals surface area contributed by atoms with E-state index in [0.29, 0.717) is 11.6 Å². The number of halogens is 2. The van der Waals surface area contributed by atoms with Gasteiger partial charge in [-0.05, 0) is 36.8 Å². The fourth-order valence-electron chi connectivity index (χ4n) is 2.20. The molecule has 0 bridgehead atoms. The molecule has 0 heterocycles. The number of amides is 1. The molecule has 2 rings (SSSR count). The standard InChI is InChI=1S/C17H16F2N2O5S/c1-10(11-2-4-15(5-3-11)27(20,24)25)21-16(22)9-26-17(23)12-6-13(18)8-14(19)7-12/h2-8,10H,9H2,1H3,(H,21,22)(H2,20,24,25)/t10-/m1/s1. The lowest BCUT2D eigenvalue weighted by molar-refractivity contribution is -0.124. The van der Waals surface area contributed by atoms with Crippen LogP contribution in [0.3, 0.4) is 0 Å². The van der Waals surface area contributed by atoms with Crippen LogP contribution in [0.25, 0.3) is 0 Å². The van der Waals surface area contributed by atoms with Crippen LogP contribution in [0.4, 0.5) is 8.78 Å². The number of benzene rings is 2. The van der Waals surface area contributed by atoms with Crippen molar-refractivity contribution in [3.63, 3.8) is 0 Å². The van der Waals surface area contributed by atoms with Gasteiger partial charge in [0.25, 0.3) is 5.91 Å². The molecule has 0 spiro atoms. The summed E-state index contributed by atoms with van der Waals surface area (Å²) in [4.78, 5) is 23.5. The normalized spacial score (nSPS) is 12.3. The van der Waals surface area contributed by atoms with E-state index in [1.165, 1.54) is 24.3 Å². The van der Waals surface area contributed by atoms with E-state index in [1.54, 1.807) is 6.92 Å². The summed E-state index contributed by atoms with van der Waals surface area (Å²) in [5.74, 6) is -3.58. The van der Waals surface area contributed by atoms with Gasteiger partial charge in [0.05, 0.1) is 16.5 Å². The van der Waals surface area contributed by atoms with E-state index >= 15 is 0 Å². The molecule has 0 radical (unpaired) electrons. The lowest BCUT2D eigenvalue weighted by atomic mass is 10.1. The summed E-state index contributed by atoms with van der Waals surface area (Å²) in [5, 5.41) is 7.54. The minimum atomic E-state index is -3.82. The molecule has 3 N–H and O–H groups in total. The SMILES string of the molecule is C[C@@H](NC(=O)COC(=O)c1cc(F)cc(F)c1)c1ccc(S(N)(=O)=O)cc1. The Labute approximate surface area is 154 Å². The Kier molecular flexibility index (Phi) is 6.24. The molecule has 0 aliphatic heterocycles. The van der Waals surface area contributed by atoms with E-state index in [-0.39, 0.29) is 10.5 Å². The predicted octanol–water partition coefficient (Wildman–Crippen LogP) is 1.65. The average molecular weight is 398 g/mol. The number of primary sulfonamides is 1. The van der Waals surface area contributed by atoms with Gasteiger partial charge in [-0.3, -0.25) is 4.79 Å². The molecule has 1 atom stereocenters. The molecule has 1 amide bonds. The molecule has 2 aromatic carbocycles. The maximum absolute atomic E-state index is 13.1. The first-order chi connectivity index (χ1) is 12.6. The molecule has 0 unspecified atom stereocenters. The fraction of sp³-hybridized carbons (Fsp3) is 0.176. The van der Waals surface area contributed by atoms with Crippen molar-refractivity contribution in [1.82, 2.24) is 5.32 Å². The van der Waals surface area contributed by atoms with Crippen molar-refractivity contribution in [2.24, 2.45) is 5.14 Å². The van der Waals surface area contributed by atoms with E-state index in [2.05, 4.69) is 5.32 Å². The Morgan fingerprint density at radius 3 is 2.19 bits per heavy atom. The van der Waals surface area contributed by atoms with Gasteiger partial charge < -0.3 is 10.1 Å². The van der Waals surface area contributed by atoms with Crippen LogP contribution in [-0.2, 0) is 19.6 Å². The zero-order valence-corrected chi connectivity index (χ0v) is 14.9. The minimum Gasteiger partial charge on any atom is -0.452 e. The van der Waals surface area contributed by atoms with Crippen LogP contribution in [-0.4, -0.2) is 26.9 Å². The highest BCUT2D eigenvalue weighted by Gasteiger charge is 2.15. The number of esters is 1. The summed E-state index contributed by atoms with van der Waals surface area (Å²) < 4.78 is 53.3. The van der Waals surface area contributed by atoms with Gasteiger partial charge in [0.15, 0.2) is 6.61 Å². The van der Waals surface area contributed by atoms with Crippen molar-refractivity contribution in [1.29, 1.82) is 0 Å². The number of ether oxygens (including phenoxy) is 1. The zero-order valence-electron chi connectivity index (χ0n) is 14.1. The summed E-state index contributed by atoms with van der Waals surface area (Å²) in [6.07, 6.45) is 0. The van der Waals surface area contributed by atoms with Crippen molar-refractivity contribution >= 4 is 21.9 Å². The minimum absolute atomic E-state index is 0.0685. The average Bonchev–Trinajstić information content (AvgIpc) is 2.58. The van der Waals surface area contributed by atoms with Crippen molar-refractivity contribution in [2.45, 2.75) is 17.9 Å². The highest BCUT2D eigenvalue weighted by Crippen LogP contribution is 2.15. The van der Waals surface area contributed by atoms with Crippen LogP contribution in [0.5, 0.6) is 0 Å². The number of carbonyl (C=O) groups is 2. The third-order valence-corrected chi connectivity index (χ3v) is 4.45. The molecule has 0 saturated heterocycles. The number of nitrogens with one attached hydrogen (secondary N) is 1. The van der Waals surface area contributed by atoms with Crippen LogP contribution < -0.4 is 10.5 Å². The molecule has 2 aromatic rings. The van der Waals surface area contributed by atoms with Crippen LogP contribution in [0, 0.1) is 11.6 Å². The Hall–Kier alpha value is -2.85. The summed E-state index contributed by atoms with van der Waals surface area (Å²) in [6.45, 7) is 0.976. The van der Waals surface area contributed by atoms with E-state index in [1.807, 2.05) is 0 Å². The molecule has 0 saturated carbocycles. The second-order valence-corrected chi connectivity index (χ2v) is 7.20. The molecule has 144 valence electrons. The highest BCUT2D eigenvalue weighted by molar-refractivity contribution is 7.89. The van der Waals surface area contributed by atoms with Gasteiger partial charge >= 0.3 is 5.97 Å². The third-order valence-electron chi connectivity index (χ3n) is 3.52. The van der Waals surface area contributed by atoms with Crippen molar-refractivity contribution in [3.05, 3.63) is 65.2 Å². The van der Waals surface area contributed by atoms with Gasteiger partial charge in [-0.25, -0.2) is 27.1 Å². The number of carbonyl (C=O) groups excluding carboxylic acids is 2. The molecule has 0 aliphatic carbocycles. The largest absolute Gasteiger partial charge is 0.452 e. The van der Waals surface area contributed by atoms with Gasteiger partial charge in [0, 0.05) is 6.07 Å². The Morgan fingerprint density at radius 2 is 1.67 bits per heavy atom. The van der Waals surface area contributed by atoms with Gasteiger partial charge in [-0.2, -0.15) is 0 Å². The van der Waals surface area contributed by atoms with Crippen LogP contribution in [0.15, 0.2) is 47.4 Å². The number of hydrogen-bond donors (Lipinski definition) is 2. The van der Waals surface area contributed by atoms with Crippen LogP contribution in [0.1, 0.15) is 28.9 Å². The summed E-state index contributed by atoms with van der Waals surface area (Å²) in [7, 11) is -3.82. The maximum Gasteiger partial charge on any atom is 0.338 e. The summed E-state index contributed by atoms with van der Waals surface area (Å²) >= 11 is 0. The van der Waals surface area contributed by atoms with E-state index < -0.39 is 46.2 Å². The monoisotopic (exact) mass is 398 g/mol. The number of hydrogen-bond acceptors (Lipinski definition) is 5. The number of nitrogens with two attached hydrogens (primary N) is 1. The van der Waals surface area contributed by atoms with Gasteiger partial charge in [-0.1, -0.05) is 12.1 Å². The molecule has 0 aliphatic rings. The quantitative estimate of drug-likeness (QED) is 0.718. The van der Waals surface area contributed by atoms with Gasteiger partial charge in [-0.15, -0.1) is 0 Å². The second-order valence-electron chi connectivity index (χ2n) is 5.64. The predicted molar refractivity (Wildman–Crippen MR) is 91.0 cm³/mol. The number of sulfonamides is 1. The molecule has 27 heavy (non-hydrogen) atoms. The first kappa shape index (κ1) is 20.5. The topological polar surface area (TPSA) is 116 Å². The third kappa shape index (κ3) is 5.83. The van der Waals surface area contributed by atoms with Crippen molar-refractivity contribution < 1.29 is 31.5 Å². The Morgan fingerprint density at radius 1 is 1.11 bits per heavy atom. The highest BCUT2D eigenvalue weighted by atomic mass is 32.2. The summed E-state index contributed by atoms with van der Waals surface area (Å²) in [5.41, 5.74) is 0.237. The van der Waals surface area contributed by atoms with Crippen molar-refractivity contribution in [3.8, 4) is 0 Å². The molecular weight excluding hydrogens is 382 g/mol. The lowest BCUT2D eigenvalue weighted by Gasteiger charge is -2.15. The smallest absolute Gasteiger partial charge is 0.338 e. The van der Waals surface area contributed by atoms with Crippen molar-refractivity contribution in [2.75, 3.05) is 6.61 Å². The lowest BCUT2D eigenvalue weighted by Crippen LogP contribution is -2.31. The molecule has 10 heteroatoms. The van der Waals surface area contributed by atoms with Crippen LogP contribution in [0.2, 0.25) is 0 Å². The van der Waals surface area contributed by atoms with Gasteiger partial charge in [0.1, 0.15) is 11.6 Å². The zero-order chi connectivity index (χ0) is 20.2. The molecular formula is C17H16F2N2O5S. The Bertz CT molecular complexity index is 942. The first-order valence-corrected chi connectivity index (χ1v) is 9.16. The van der Waals surface area contributed by atoms with E-state index in [9.17, 15) is 26.8 Å². The molecule has 0 fully saturated rings. The first-order valence-electron chi connectivity index (χ1n) is 7.61. The second kappa shape index (κ2) is 8.23. The maximum atomic E-state index is 13.1. The molecule has 0 aromatic heterocycles. The number of rotatable bonds is 6. The fourth-order valence-corrected chi connectivity index (χ4v) is 2.71. The van der Waals surface area contributed by atoms with Gasteiger partial charge in [0.2, 0.25) is 10.0 Å². The van der Waals surface area contributed by atoms with E-state index in [4.69, 9.17) is 9.88 Å². The Balaban J connectivity index is 1.92. The van der Waals surface area contributed by atoms with Crippen LogP contribution >= 0.6 is 0 Å².